The summed E-state index contributed by atoms with van der Waals surface area (Å²) >= 11 is 1.74. The van der Waals surface area contributed by atoms with Crippen LogP contribution >= 0.6 is 11.3 Å². The third-order valence-electron chi connectivity index (χ3n) is 5.91. The molecule has 0 saturated carbocycles. The summed E-state index contributed by atoms with van der Waals surface area (Å²) in [6.07, 6.45) is 2.41. The van der Waals surface area contributed by atoms with Gasteiger partial charge in [0.05, 0.1) is 10.7 Å². The van der Waals surface area contributed by atoms with Gasteiger partial charge in [0.1, 0.15) is 13.2 Å². The third kappa shape index (κ3) is 5.89. The smallest absolute Gasteiger partial charge is 0.193 e. The van der Waals surface area contributed by atoms with E-state index in [4.69, 9.17) is 9.47 Å². The number of aliphatic imine (C=N–C) groups is 1. The van der Waals surface area contributed by atoms with Crippen LogP contribution < -0.4 is 14.8 Å². The van der Waals surface area contributed by atoms with E-state index < -0.39 is 0 Å². The number of nitrogens with zero attached hydrogens (tertiary/aromatic N) is 4. The second-order valence-corrected chi connectivity index (χ2v) is 9.40. The van der Waals surface area contributed by atoms with Gasteiger partial charge in [-0.05, 0) is 56.5 Å². The van der Waals surface area contributed by atoms with E-state index in [1.807, 2.05) is 13.1 Å². The average molecular weight is 444 g/mol. The highest BCUT2D eigenvalue weighted by Gasteiger charge is 2.21. The molecule has 2 aliphatic rings. The fourth-order valence-electron chi connectivity index (χ4n) is 4.21. The Kier molecular flexibility index (Phi) is 7.29. The van der Waals surface area contributed by atoms with Crippen molar-refractivity contribution < 1.29 is 9.47 Å². The standard InChI is InChI=1S/C23H33N5O2S/c1-17-26-20(16-31-17)15-28-8-6-18(7-9-28)13-25-23(24-2)27(3)14-19-4-5-21-22(12-19)30-11-10-29-21/h4-5,12,16,18H,6-11,13-15H2,1-3H3,(H,24,25). The highest BCUT2D eigenvalue weighted by Crippen LogP contribution is 2.31. The highest BCUT2D eigenvalue weighted by atomic mass is 32.1. The van der Waals surface area contributed by atoms with Crippen LogP contribution in [0.2, 0.25) is 0 Å². The Hall–Kier alpha value is -2.32. The van der Waals surface area contributed by atoms with Crippen LogP contribution in [-0.4, -0.2) is 67.7 Å². The monoisotopic (exact) mass is 443 g/mol. The lowest BCUT2D eigenvalue weighted by Gasteiger charge is -2.32. The number of hydrogen-bond acceptors (Lipinski definition) is 6. The first-order valence-electron chi connectivity index (χ1n) is 11.0. The molecule has 168 valence electrons. The fourth-order valence-corrected chi connectivity index (χ4v) is 4.82. The van der Waals surface area contributed by atoms with Gasteiger partial charge >= 0.3 is 0 Å². The molecule has 1 N–H and O–H groups in total. The van der Waals surface area contributed by atoms with E-state index in [-0.39, 0.29) is 0 Å². The number of hydrogen-bond donors (Lipinski definition) is 1. The van der Waals surface area contributed by atoms with Gasteiger partial charge < -0.3 is 19.7 Å². The van der Waals surface area contributed by atoms with Crippen molar-refractivity contribution in [1.29, 1.82) is 0 Å². The summed E-state index contributed by atoms with van der Waals surface area (Å²) in [7, 11) is 3.92. The summed E-state index contributed by atoms with van der Waals surface area (Å²) < 4.78 is 11.3. The van der Waals surface area contributed by atoms with Gasteiger partial charge in [0.2, 0.25) is 0 Å². The number of guanidine groups is 1. The van der Waals surface area contributed by atoms with Gasteiger partial charge in [-0.15, -0.1) is 11.3 Å². The highest BCUT2D eigenvalue weighted by molar-refractivity contribution is 7.09. The molecule has 3 heterocycles. The van der Waals surface area contributed by atoms with Crippen LogP contribution in [0.3, 0.4) is 0 Å². The van der Waals surface area contributed by atoms with Crippen molar-refractivity contribution in [1.82, 2.24) is 20.1 Å². The van der Waals surface area contributed by atoms with Crippen molar-refractivity contribution >= 4 is 17.3 Å². The lowest BCUT2D eigenvalue weighted by Crippen LogP contribution is -2.43. The van der Waals surface area contributed by atoms with Crippen molar-refractivity contribution in [3.63, 3.8) is 0 Å². The Morgan fingerprint density at radius 3 is 2.74 bits per heavy atom. The molecule has 1 saturated heterocycles. The zero-order valence-corrected chi connectivity index (χ0v) is 19.6. The molecule has 0 unspecified atom stereocenters. The quantitative estimate of drug-likeness (QED) is 0.547. The van der Waals surface area contributed by atoms with Gasteiger partial charge in [-0.2, -0.15) is 0 Å². The molecule has 0 radical (unpaired) electrons. The molecule has 31 heavy (non-hydrogen) atoms. The van der Waals surface area contributed by atoms with Gasteiger partial charge in [0.15, 0.2) is 17.5 Å². The van der Waals surface area contributed by atoms with E-state index in [2.05, 4.69) is 56.6 Å². The third-order valence-corrected chi connectivity index (χ3v) is 6.73. The molecule has 1 fully saturated rings. The number of thiazole rings is 1. The van der Waals surface area contributed by atoms with E-state index in [1.54, 1.807) is 11.3 Å². The van der Waals surface area contributed by atoms with E-state index in [0.29, 0.717) is 19.1 Å². The predicted molar refractivity (Wildman–Crippen MR) is 125 cm³/mol. The summed E-state index contributed by atoms with van der Waals surface area (Å²) in [5.41, 5.74) is 2.39. The first-order chi connectivity index (χ1) is 15.1. The molecule has 2 aromatic rings. The van der Waals surface area contributed by atoms with Gasteiger partial charge in [-0.1, -0.05) is 6.07 Å². The molecule has 1 aromatic heterocycles. The van der Waals surface area contributed by atoms with Crippen LogP contribution in [0.15, 0.2) is 28.6 Å². The van der Waals surface area contributed by atoms with Crippen molar-refractivity contribution in [2.24, 2.45) is 10.9 Å². The molecule has 2 aliphatic heterocycles. The molecule has 7 nitrogen and oxygen atoms in total. The largest absolute Gasteiger partial charge is 0.486 e. The number of likely N-dealkylation sites (tertiary alicyclic amines) is 1. The Bertz CT molecular complexity index is 892. The Balaban J connectivity index is 1.22. The second-order valence-electron chi connectivity index (χ2n) is 8.34. The van der Waals surface area contributed by atoms with Crippen LogP contribution in [0.5, 0.6) is 11.5 Å². The van der Waals surface area contributed by atoms with Gasteiger partial charge in [-0.3, -0.25) is 9.89 Å². The van der Waals surface area contributed by atoms with Gasteiger partial charge in [-0.25, -0.2) is 4.98 Å². The fraction of sp³-hybridized carbons (Fsp3) is 0.565. The zero-order chi connectivity index (χ0) is 21.6. The number of ether oxygens (including phenoxy) is 2. The molecular formula is C23H33N5O2S. The van der Waals surface area contributed by atoms with Crippen LogP contribution in [0.1, 0.15) is 29.1 Å². The minimum Gasteiger partial charge on any atom is -0.486 e. The van der Waals surface area contributed by atoms with E-state index in [1.165, 1.54) is 24.1 Å². The van der Waals surface area contributed by atoms with Crippen molar-refractivity contribution in [3.8, 4) is 11.5 Å². The number of rotatable bonds is 6. The SMILES string of the molecule is CN=C(NCC1CCN(Cc2csc(C)n2)CC1)N(C)Cc1ccc2c(c1)OCCO2. The maximum Gasteiger partial charge on any atom is 0.193 e. The first-order valence-corrected chi connectivity index (χ1v) is 11.9. The Labute approximate surface area is 189 Å². The maximum absolute atomic E-state index is 5.71. The number of piperidine rings is 1. The van der Waals surface area contributed by atoms with Crippen LogP contribution in [0.25, 0.3) is 0 Å². The maximum atomic E-state index is 5.71. The molecule has 1 aromatic carbocycles. The molecule has 0 amide bonds. The molecule has 0 atom stereocenters. The number of nitrogens with one attached hydrogen (secondary N) is 1. The number of benzene rings is 1. The predicted octanol–water partition coefficient (Wildman–Crippen LogP) is 3.14. The molecule has 0 bridgehead atoms. The Morgan fingerprint density at radius 1 is 1.26 bits per heavy atom. The van der Waals surface area contributed by atoms with E-state index >= 15 is 0 Å². The summed E-state index contributed by atoms with van der Waals surface area (Å²) in [6.45, 7) is 8.27. The first kappa shape index (κ1) is 21.9. The minimum atomic E-state index is 0.609. The van der Waals surface area contributed by atoms with Crippen molar-refractivity contribution in [3.05, 3.63) is 39.8 Å². The number of aryl methyl sites for hydroxylation is 1. The van der Waals surface area contributed by atoms with Crippen molar-refractivity contribution in [2.75, 3.05) is 46.9 Å². The van der Waals surface area contributed by atoms with Crippen LogP contribution in [-0.2, 0) is 13.1 Å². The number of aromatic nitrogens is 1. The molecule has 8 heteroatoms. The van der Waals surface area contributed by atoms with E-state index in [9.17, 15) is 0 Å². The van der Waals surface area contributed by atoms with Crippen LogP contribution in [0.4, 0.5) is 0 Å². The van der Waals surface area contributed by atoms with Gasteiger partial charge in [0, 0.05) is 39.1 Å². The Morgan fingerprint density at radius 2 is 2.03 bits per heavy atom. The summed E-state index contributed by atoms with van der Waals surface area (Å²) in [6, 6.07) is 6.16. The summed E-state index contributed by atoms with van der Waals surface area (Å²) in [5, 5.41) is 6.92. The topological polar surface area (TPSA) is 62.2 Å². The molecule has 4 rings (SSSR count). The lowest BCUT2D eigenvalue weighted by atomic mass is 9.97. The summed E-state index contributed by atoms with van der Waals surface area (Å²) in [4.78, 5) is 13.8. The molecule has 0 aliphatic carbocycles. The normalized spacial score (nSPS) is 17.6. The zero-order valence-electron chi connectivity index (χ0n) is 18.8. The average Bonchev–Trinajstić information content (AvgIpc) is 3.19. The van der Waals surface area contributed by atoms with Gasteiger partial charge in [0.25, 0.3) is 0 Å². The summed E-state index contributed by atoms with van der Waals surface area (Å²) in [5.74, 6) is 3.26. The second kappa shape index (κ2) is 10.3. The molecule has 0 spiro atoms. The van der Waals surface area contributed by atoms with Crippen molar-refractivity contribution in [2.45, 2.75) is 32.9 Å². The van der Waals surface area contributed by atoms with Crippen LogP contribution in [0, 0.1) is 12.8 Å². The minimum absolute atomic E-state index is 0.609. The van der Waals surface area contributed by atoms with E-state index in [0.717, 1.165) is 55.2 Å². The number of fused-ring (bicyclic) bond motifs is 1. The lowest BCUT2D eigenvalue weighted by molar-refractivity contribution is 0.171. The molecular weight excluding hydrogens is 410 g/mol.